The number of hydrogen-bond acceptors (Lipinski definition) is 5. The molecule has 1 aliphatic rings. The number of rotatable bonds is 4. The fourth-order valence-corrected chi connectivity index (χ4v) is 2.30. The summed E-state index contributed by atoms with van der Waals surface area (Å²) in [7, 11) is 0. The highest BCUT2D eigenvalue weighted by molar-refractivity contribution is 6.10. The average Bonchev–Trinajstić information content (AvgIpc) is 2.93. The maximum absolute atomic E-state index is 13.8. The highest BCUT2D eigenvalue weighted by Gasteiger charge is 2.28. The molecule has 2 aromatic rings. The normalized spacial score (nSPS) is 13.7. The number of ether oxygens (including phenoxy) is 1. The summed E-state index contributed by atoms with van der Waals surface area (Å²) in [5, 5.41) is 6.17. The van der Waals surface area contributed by atoms with Gasteiger partial charge in [-0.05, 0) is 19.1 Å². The number of fused-ring (bicyclic) bond motifs is 1. The average molecular weight is 319 g/mol. The fourth-order valence-electron chi connectivity index (χ4n) is 2.30. The zero-order valence-corrected chi connectivity index (χ0v) is 12.3. The molecule has 8 heteroatoms. The smallest absolute Gasteiger partial charge is 0.253 e. The molecule has 1 N–H and O–H groups in total. The lowest BCUT2D eigenvalue weighted by Crippen LogP contribution is -2.44. The number of aryl methyl sites for hydroxylation is 1. The van der Waals surface area contributed by atoms with Gasteiger partial charge in [0.25, 0.3) is 5.91 Å². The topological polar surface area (TPSA) is 84.7 Å². The number of halogens is 1. The molecule has 0 saturated carbocycles. The van der Waals surface area contributed by atoms with Gasteiger partial charge in [-0.2, -0.15) is 0 Å². The minimum Gasteiger partial charge on any atom is -0.365 e. The van der Waals surface area contributed by atoms with Crippen molar-refractivity contribution in [1.82, 2.24) is 5.16 Å². The number of aromatic nitrogens is 1. The van der Waals surface area contributed by atoms with Crippen LogP contribution in [0, 0.1) is 12.7 Å². The maximum atomic E-state index is 13.8. The lowest BCUT2D eigenvalue weighted by molar-refractivity contribution is -0.125. The van der Waals surface area contributed by atoms with E-state index >= 15 is 0 Å². The molecule has 7 nitrogen and oxygen atoms in total. The Morgan fingerprint density at radius 2 is 2.35 bits per heavy atom. The van der Waals surface area contributed by atoms with Gasteiger partial charge in [-0.25, -0.2) is 4.39 Å². The van der Waals surface area contributed by atoms with Crippen molar-refractivity contribution in [3.63, 3.8) is 0 Å². The van der Waals surface area contributed by atoms with Crippen LogP contribution in [-0.2, 0) is 20.9 Å². The third kappa shape index (κ3) is 3.21. The van der Waals surface area contributed by atoms with Gasteiger partial charge in [0.2, 0.25) is 5.91 Å². The molecule has 120 valence electrons. The van der Waals surface area contributed by atoms with Crippen LogP contribution in [0.4, 0.5) is 15.8 Å². The van der Waals surface area contributed by atoms with Crippen LogP contribution in [0.25, 0.3) is 0 Å². The summed E-state index contributed by atoms with van der Waals surface area (Å²) >= 11 is 0. The van der Waals surface area contributed by atoms with Gasteiger partial charge in [0.05, 0.1) is 12.3 Å². The highest BCUT2D eigenvalue weighted by atomic mass is 19.1. The number of benzene rings is 1. The van der Waals surface area contributed by atoms with Crippen LogP contribution in [0.2, 0.25) is 0 Å². The molecule has 0 aliphatic carbocycles. The zero-order chi connectivity index (χ0) is 16.4. The summed E-state index contributed by atoms with van der Waals surface area (Å²) in [5.41, 5.74) is 0.887. The van der Waals surface area contributed by atoms with Crippen molar-refractivity contribution in [2.45, 2.75) is 13.5 Å². The minimum atomic E-state index is -0.590. The third-order valence-corrected chi connectivity index (χ3v) is 3.30. The molecular formula is C15H14FN3O4. The summed E-state index contributed by atoms with van der Waals surface area (Å²) < 4.78 is 23.9. The zero-order valence-electron chi connectivity index (χ0n) is 12.3. The number of anilines is 2. The highest BCUT2D eigenvalue weighted by Crippen LogP contribution is 2.31. The maximum Gasteiger partial charge on any atom is 0.253 e. The van der Waals surface area contributed by atoms with Gasteiger partial charge < -0.3 is 14.6 Å². The van der Waals surface area contributed by atoms with Crippen LogP contribution in [-0.4, -0.2) is 30.1 Å². The van der Waals surface area contributed by atoms with E-state index in [0.29, 0.717) is 17.1 Å². The molecular weight excluding hydrogens is 305 g/mol. The van der Waals surface area contributed by atoms with E-state index in [1.165, 1.54) is 17.0 Å². The van der Waals surface area contributed by atoms with Gasteiger partial charge in [-0.1, -0.05) is 11.2 Å². The molecule has 2 heterocycles. The standard InChI is InChI=1S/C15H14FN3O4/c1-9-5-10(18-23-9)7-22-8-14(21)19-6-13(20)17-15-11(16)3-2-4-12(15)19/h2-5H,6-8H2,1H3,(H,17,20). The first-order valence-electron chi connectivity index (χ1n) is 6.93. The molecule has 0 atom stereocenters. The van der Waals surface area contributed by atoms with Crippen molar-refractivity contribution < 1.29 is 23.2 Å². The molecule has 1 aromatic carbocycles. The SMILES string of the molecule is Cc1cc(COCC(=O)N2CC(=O)Nc3c(F)cccc32)no1. The molecule has 0 fully saturated rings. The minimum absolute atomic E-state index is 0.00391. The first kappa shape index (κ1) is 15.2. The molecule has 1 aromatic heterocycles. The predicted octanol–water partition coefficient (Wildman–Crippen LogP) is 1.62. The number of para-hydroxylation sites is 1. The summed E-state index contributed by atoms with van der Waals surface area (Å²) in [6.07, 6.45) is 0. The Labute approximate surface area is 131 Å². The second-order valence-electron chi connectivity index (χ2n) is 5.08. The summed E-state index contributed by atoms with van der Waals surface area (Å²) in [4.78, 5) is 25.1. The Hall–Kier alpha value is -2.74. The van der Waals surface area contributed by atoms with E-state index in [1.54, 1.807) is 19.1 Å². The molecule has 0 radical (unpaired) electrons. The van der Waals surface area contributed by atoms with Gasteiger partial charge in [-0.15, -0.1) is 0 Å². The molecule has 3 rings (SSSR count). The first-order valence-corrected chi connectivity index (χ1v) is 6.93. The first-order chi connectivity index (χ1) is 11.0. The number of amides is 2. The quantitative estimate of drug-likeness (QED) is 0.926. The predicted molar refractivity (Wildman–Crippen MR) is 78.3 cm³/mol. The Morgan fingerprint density at radius 3 is 3.09 bits per heavy atom. The van der Waals surface area contributed by atoms with Gasteiger partial charge in [0.15, 0.2) is 0 Å². The van der Waals surface area contributed by atoms with Crippen molar-refractivity contribution >= 4 is 23.2 Å². The Bertz CT molecular complexity index is 759. The molecule has 1 aliphatic heterocycles. The summed E-state index contributed by atoms with van der Waals surface area (Å²) in [6.45, 7) is 1.43. The van der Waals surface area contributed by atoms with E-state index in [-0.39, 0.29) is 25.4 Å². The van der Waals surface area contributed by atoms with Crippen molar-refractivity contribution in [3.8, 4) is 0 Å². The van der Waals surface area contributed by atoms with Crippen molar-refractivity contribution in [1.29, 1.82) is 0 Å². The van der Waals surface area contributed by atoms with E-state index in [1.807, 2.05) is 0 Å². The molecule has 0 saturated heterocycles. The monoisotopic (exact) mass is 319 g/mol. The Kier molecular flexibility index (Phi) is 4.07. The third-order valence-electron chi connectivity index (χ3n) is 3.30. The second-order valence-corrected chi connectivity index (χ2v) is 5.08. The number of carbonyl (C=O) groups excluding carboxylic acids is 2. The lowest BCUT2D eigenvalue weighted by atomic mass is 10.2. The Balaban J connectivity index is 1.68. The van der Waals surface area contributed by atoms with Crippen molar-refractivity contribution in [3.05, 3.63) is 41.5 Å². The van der Waals surface area contributed by atoms with Crippen LogP contribution in [0.1, 0.15) is 11.5 Å². The number of nitrogens with zero attached hydrogens (tertiary/aromatic N) is 2. The molecule has 23 heavy (non-hydrogen) atoms. The van der Waals surface area contributed by atoms with Crippen molar-refractivity contribution in [2.24, 2.45) is 0 Å². The van der Waals surface area contributed by atoms with Crippen LogP contribution in [0.5, 0.6) is 0 Å². The lowest BCUT2D eigenvalue weighted by Gasteiger charge is -2.29. The van der Waals surface area contributed by atoms with Gasteiger partial charge in [0, 0.05) is 6.07 Å². The van der Waals surface area contributed by atoms with E-state index in [2.05, 4.69) is 10.5 Å². The van der Waals surface area contributed by atoms with Crippen LogP contribution in [0.15, 0.2) is 28.8 Å². The van der Waals surface area contributed by atoms with Crippen LogP contribution >= 0.6 is 0 Å². The van der Waals surface area contributed by atoms with E-state index in [4.69, 9.17) is 9.26 Å². The Morgan fingerprint density at radius 1 is 1.52 bits per heavy atom. The fraction of sp³-hybridized carbons (Fsp3) is 0.267. The number of nitrogens with one attached hydrogen (secondary N) is 1. The van der Waals surface area contributed by atoms with E-state index < -0.39 is 17.6 Å². The van der Waals surface area contributed by atoms with Gasteiger partial charge >= 0.3 is 0 Å². The second kappa shape index (κ2) is 6.17. The van der Waals surface area contributed by atoms with Gasteiger partial charge in [0.1, 0.15) is 36.1 Å². The van der Waals surface area contributed by atoms with Crippen LogP contribution < -0.4 is 10.2 Å². The largest absolute Gasteiger partial charge is 0.365 e. The molecule has 0 spiro atoms. The van der Waals surface area contributed by atoms with Crippen molar-refractivity contribution in [2.75, 3.05) is 23.4 Å². The van der Waals surface area contributed by atoms with Crippen LogP contribution in [0.3, 0.4) is 0 Å². The molecule has 2 amide bonds. The summed E-state index contributed by atoms with van der Waals surface area (Å²) in [5.74, 6) is -0.839. The summed E-state index contributed by atoms with van der Waals surface area (Å²) in [6, 6.07) is 5.96. The molecule has 0 unspecified atom stereocenters. The van der Waals surface area contributed by atoms with E-state index in [9.17, 15) is 14.0 Å². The number of carbonyl (C=O) groups is 2. The molecule has 0 bridgehead atoms. The number of hydrogen-bond donors (Lipinski definition) is 1. The van der Waals surface area contributed by atoms with Gasteiger partial charge in [-0.3, -0.25) is 14.5 Å². The van der Waals surface area contributed by atoms with E-state index in [0.717, 1.165) is 0 Å².